The Morgan fingerprint density at radius 2 is 2.36 bits per heavy atom. The van der Waals surface area contributed by atoms with E-state index in [1.54, 1.807) is 18.3 Å². The first-order valence-corrected chi connectivity index (χ1v) is 3.98. The number of rotatable bonds is 4. The lowest BCUT2D eigenvalue weighted by Crippen LogP contribution is -2.22. The molecule has 0 aliphatic rings. The minimum atomic E-state index is -1.15. The van der Waals surface area contributed by atoms with E-state index in [2.05, 4.69) is 4.98 Å². The van der Waals surface area contributed by atoms with Crippen LogP contribution in [0.3, 0.4) is 0 Å². The predicted molar refractivity (Wildman–Crippen MR) is 49.4 cm³/mol. The van der Waals surface area contributed by atoms with E-state index in [9.17, 15) is 15.0 Å². The van der Waals surface area contributed by atoms with Gasteiger partial charge < -0.3 is 21.2 Å². The molecule has 0 fully saturated rings. The number of carbonyl (C=O) groups is 1. The molecule has 1 aromatic rings. The summed E-state index contributed by atoms with van der Waals surface area (Å²) in [5.74, 6) is -1.15. The lowest BCUT2D eigenvalue weighted by Gasteiger charge is -2.09. The van der Waals surface area contributed by atoms with Gasteiger partial charge in [-0.3, -0.25) is 4.98 Å². The first-order chi connectivity index (χ1) is 6.20. The molecule has 5 heteroatoms. The normalized spacial score (nSPS) is 11.5. The van der Waals surface area contributed by atoms with Crippen LogP contribution in [0, 0.1) is 0 Å². The van der Waals surface area contributed by atoms with Crippen molar-refractivity contribution in [2.75, 3.05) is 0 Å². The molecule has 5 N–H and O–H groups in total. The van der Waals surface area contributed by atoms with Crippen LogP contribution in [0.2, 0.25) is 0 Å². The van der Waals surface area contributed by atoms with Gasteiger partial charge >= 0.3 is 0 Å². The molecule has 1 atom stereocenters. The zero-order valence-electron chi connectivity index (χ0n) is 8.01. The van der Waals surface area contributed by atoms with Crippen LogP contribution in [0.15, 0.2) is 24.5 Å². The van der Waals surface area contributed by atoms with Crippen LogP contribution < -0.4 is 11.3 Å². The first kappa shape index (κ1) is 12.5. The molecule has 5 nitrogen and oxygen atoms in total. The van der Waals surface area contributed by atoms with Gasteiger partial charge in [0.2, 0.25) is 0 Å². The molecule has 1 heterocycles. The van der Waals surface area contributed by atoms with Crippen molar-refractivity contribution in [1.29, 1.82) is 0 Å². The van der Waals surface area contributed by atoms with E-state index in [1.165, 1.54) is 6.20 Å². The predicted octanol–water partition coefficient (Wildman–Crippen LogP) is 0.0213. The highest BCUT2D eigenvalue weighted by atomic mass is 16.4. The van der Waals surface area contributed by atoms with E-state index in [4.69, 9.17) is 0 Å². The van der Waals surface area contributed by atoms with Gasteiger partial charge in [-0.15, -0.1) is 0 Å². The number of aliphatic hydroxyl groups is 1. The first-order valence-electron chi connectivity index (χ1n) is 3.98. The van der Waals surface area contributed by atoms with E-state index in [0.29, 0.717) is 5.56 Å². The highest BCUT2D eigenvalue weighted by Crippen LogP contribution is 2.15. The Balaban J connectivity index is 0.00000169. The van der Waals surface area contributed by atoms with Gasteiger partial charge in [0, 0.05) is 18.4 Å². The van der Waals surface area contributed by atoms with Crippen LogP contribution in [-0.2, 0) is 4.79 Å². The SMILES string of the molecule is O=C([O-])CC[13CH](O)[13c]1[13cH][13cH][13cH]n[13cH]1.[NH4+]. The standard InChI is InChI=1S/C9H11NO3.H3N/c11-8(3-4-9(12)13)7-2-1-5-10-6-7;/h1-2,5-6,8,11H,3-4H2,(H,12,13);1H3/i1+1,2+1,5+1,6+1,7+1,8+1;. The van der Waals surface area contributed by atoms with Gasteiger partial charge in [-0.05, 0) is 24.5 Å². The van der Waals surface area contributed by atoms with Crippen molar-refractivity contribution in [3.63, 3.8) is 0 Å². The molecule has 0 amide bonds. The highest BCUT2D eigenvalue weighted by molar-refractivity contribution is 5.64. The number of nitrogens with zero attached hydrogens (tertiary/aromatic N) is 1. The smallest absolute Gasteiger partial charge is 0.0808 e. The molecular weight excluding hydrogens is 190 g/mol. The second kappa shape index (κ2) is 6.06. The summed E-state index contributed by atoms with van der Waals surface area (Å²) in [5.41, 5.74) is 0.628. The fourth-order valence-electron chi connectivity index (χ4n) is 0.994. The largest absolute Gasteiger partial charge is 0.550 e. The molecule has 0 aromatic carbocycles. The van der Waals surface area contributed by atoms with Crippen LogP contribution in [0.5, 0.6) is 0 Å². The second-order valence-electron chi connectivity index (χ2n) is 2.71. The molecule has 0 spiro atoms. The van der Waals surface area contributed by atoms with Crippen molar-refractivity contribution in [2.24, 2.45) is 0 Å². The van der Waals surface area contributed by atoms with Crippen molar-refractivity contribution in [3.8, 4) is 0 Å². The monoisotopic (exact) mass is 204 g/mol. The lowest BCUT2D eigenvalue weighted by atomic mass is 10.4. The van der Waals surface area contributed by atoms with E-state index >= 15 is 0 Å². The molecule has 0 radical (unpaired) electrons. The quantitative estimate of drug-likeness (QED) is 0.673. The average molecular weight is 204 g/mol. The van der Waals surface area contributed by atoms with Crippen LogP contribution in [0.1, 0.15) is 24.5 Å². The Bertz CT molecular complexity index is 277. The Morgan fingerprint density at radius 1 is 1.64 bits per heavy atom. The summed E-state index contributed by atoms with van der Waals surface area (Å²) in [4.78, 5) is 13.9. The summed E-state index contributed by atoms with van der Waals surface area (Å²) in [7, 11) is 0. The van der Waals surface area contributed by atoms with E-state index < -0.39 is 12.1 Å². The highest BCUT2D eigenvalue weighted by Gasteiger charge is 2.06. The number of carboxylic acids is 1. The Morgan fingerprint density at radius 3 is 2.86 bits per heavy atom. The molecule has 14 heavy (non-hydrogen) atoms. The molecule has 1 aromatic heterocycles. The molecule has 0 saturated heterocycles. The summed E-state index contributed by atoms with van der Waals surface area (Å²) in [6, 6.07) is 3.39. The number of carbonyl (C=O) groups excluding carboxylic acids is 1. The van der Waals surface area contributed by atoms with Crippen LogP contribution in [0.25, 0.3) is 0 Å². The number of aliphatic hydroxyl groups excluding tert-OH is 1. The van der Waals surface area contributed by atoms with Crippen LogP contribution >= 0.6 is 0 Å². The maximum absolute atomic E-state index is 10.1. The summed E-state index contributed by atoms with van der Waals surface area (Å²) in [6.45, 7) is 0. The maximum Gasteiger partial charge on any atom is 0.0808 e. The maximum atomic E-state index is 10.1. The van der Waals surface area contributed by atoms with Gasteiger partial charge in [0.1, 0.15) is 0 Å². The lowest BCUT2D eigenvalue weighted by molar-refractivity contribution is -0.306. The molecule has 1 unspecified atom stereocenters. The zero-order valence-corrected chi connectivity index (χ0v) is 8.01. The topological polar surface area (TPSA) is 110 Å². The number of hydrogen-bond donors (Lipinski definition) is 2. The Labute approximate surface area is 82.0 Å². The van der Waals surface area contributed by atoms with E-state index in [-0.39, 0.29) is 19.0 Å². The van der Waals surface area contributed by atoms with Gasteiger partial charge in [0.05, 0.1) is 6.10 Å². The van der Waals surface area contributed by atoms with Crippen molar-refractivity contribution in [1.82, 2.24) is 11.1 Å². The van der Waals surface area contributed by atoms with Crippen molar-refractivity contribution in [3.05, 3.63) is 30.1 Å². The second-order valence-corrected chi connectivity index (χ2v) is 2.71. The number of aromatic nitrogens is 1. The molecule has 0 aliphatic carbocycles. The average Bonchev–Trinajstić information content (AvgIpc) is 2.15. The van der Waals surface area contributed by atoms with Gasteiger partial charge in [-0.2, -0.15) is 0 Å². The number of hydrogen-bond acceptors (Lipinski definition) is 4. The number of carboxylic acid groups (broad SMARTS) is 1. The van der Waals surface area contributed by atoms with Crippen LogP contribution in [-0.4, -0.2) is 16.1 Å². The summed E-state index contributed by atoms with van der Waals surface area (Å²) in [6.07, 6.45) is 2.35. The third kappa shape index (κ3) is 3.97. The minimum Gasteiger partial charge on any atom is -0.550 e. The van der Waals surface area contributed by atoms with E-state index in [0.717, 1.165) is 0 Å². The molecular formula is C9H14N2O3. The van der Waals surface area contributed by atoms with Crippen molar-refractivity contribution in [2.45, 2.75) is 18.9 Å². The Kier molecular flexibility index (Phi) is 5.43. The molecule has 0 bridgehead atoms. The molecule has 1 rings (SSSR count). The summed E-state index contributed by atoms with van der Waals surface area (Å²) >= 11 is 0. The van der Waals surface area contributed by atoms with E-state index in [1.807, 2.05) is 0 Å². The van der Waals surface area contributed by atoms with Crippen molar-refractivity contribution < 1.29 is 15.0 Å². The van der Waals surface area contributed by atoms with Crippen LogP contribution in [0.4, 0.5) is 0 Å². The fourth-order valence-corrected chi connectivity index (χ4v) is 0.994. The number of pyridine rings is 1. The molecule has 78 valence electrons. The van der Waals surface area contributed by atoms with Gasteiger partial charge in [-0.1, -0.05) is 6.07 Å². The number of quaternary nitrogens is 1. The summed E-state index contributed by atoms with van der Waals surface area (Å²) < 4.78 is 0. The van der Waals surface area contributed by atoms with Gasteiger partial charge in [0.25, 0.3) is 0 Å². The molecule has 0 saturated carbocycles. The minimum absolute atomic E-state index is 0. The van der Waals surface area contributed by atoms with Gasteiger partial charge in [-0.25, -0.2) is 0 Å². The third-order valence-corrected chi connectivity index (χ3v) is 1.69. The zero-order chi connectivity index (χ0) is 9.68. The number of aliphatic carboxylic acids is 1. The van der Waals surface area contributed by atoms with Crippen molar-refractivity contribution >= 4 is 5.97 Å². The molecule has 0 aliphatic heterocycles. The Hall–Kier alpha value is -1.46. The third-order valence-electron chi connectivity index (χ3n) is 1.69. The van der Waals surface area contributed by atoms with Gasteiger partial charge in [0.15, 0.2) is 0 Å². The summed E-state index contributed by atoms with van der Waals surface area (Å²) in [5, 5.41) is 19.5. The fraction of sp³-hybridized carbons (Fsp3) is 0.333.